The first-order valence-electron chi connectivity index (χ1n) is 10.7. The van der Waals surface area contributed by atoms with Gasteiger partial charge in [0, 0.05) is 22.5 Å². The number of hydrogen-bond acceptors (Lipinski definition) is 4. The van der Waals surface area contributed by atoms with Gasteiger partial charge in [0.15, 0.2) is 0 Å². The van der Waals surface area contributed by atoms with E-state index in [1.807, 2.05) is 0 Å². The topological polar surface area (TPSA) is 108 Å². The summed E-state index contributed by atoms with van der Waals surface area (Å²) in [5, 5.41) is 7.49. The van der Waals surface area contributed by atoms with E-state index in [1.54, 1.807) is 24.3 Å². The lowest BCUT2D eigenvalue weighted by Crippen LogP contribution is -2.31. The standard InChI is InChI=1S/C25H19F3N4O4/c26-25(27,28)17-7-4-9-19(12-17)30-22(34)15-6-3-8-18(11-15)31-23(35)20-10-2-1-5-16(20)14-32-21(33)13-29-24(32)36/h1-12H,13-14H2,(H,29,36)(H,30,34)(H,31,35). The van der Waals surface area contributed by atoms with Gasteiger partial charge in [0.2, 0.25) is 5.91 Å². The molecule has 0 aromatic heterocycles. The summed E-state index contributed by atoms with van der Waals surface area (Å²) >= 11 is 0. The zero-order valence-corrected chi connectivity index (χ0v) is 18.6. The van der Waals surface area contributed by atoms with Crippen molar-refractivity contribution in [2.45, 2.75) is 12.7 Å². The molecule has 0 radical (unpaired) electrons. The number of urea groups is 1. The van der Waals surface area contributed by atoms with Gasteiger partial charge < -0.3 is 16.0 Å². The number of carbonyl (C=O) groups is 4. The van der Waals surface area contributed by atoms with E-state index in [9.17, 15) is 32.3 Å². The first-order chi connectivity index (χ1) is 17.1. The number of rotatable bonds is 6. The Labute approximate surface area is 203 Å². The largest absolute Gasteiger partial charge is 0.416 e. The molecule has 1 saturated heterocycles. The zero-order valence-electron chi connectivity index (χ0n) is 18.6. The van der Waals surface area contributed by atoms with E-state index in [0.717, 1.165) is 17.0 Å². The van der Waals surface area contributed by atoms with Crippen LogP contribution in [0.3, 0.4) is 0 Å². The van der Waals surface area contributed by atoms with E-state index >= 15 is 0 Å². The summed E-state index contributed by atoms with van der Waals surface area (Å²) in [5.74, 6) is -1.60. The molecule has 0 aliphatic carbocycles. The highest BCUT2D eigenvalue weighted by Gasteiger charge is 2.31. The second kappa shape index (κ2) is 9.90. The van der Waals surface area contributed by atoms with Crippen LogP contribution in [0.2, 0.25) is 0 Å². The van der Waals surface area contributed by atoms with Gasteiger partial charge in [0.1, 0.15) is 0 Å². The molecule has 0 unspecified atom stereocenters. The predicted molar refractivity (Wildman–Crippen MR) is 124 cm³/mol. The van der Waals surface area contributed by atoms with Crippen LogP contribution in [0, 0.1) is 0 Å². The van der Waals surface area contributed by atoms with Crippen molar-refractivity contribution in [2.24, 2.45) is 0 Å². The van der Waals surface area contributed by atoms with Crippen LogP contribution in [0.25, 0.3) is 0 Å². The van der Waals surface area contributed by atoms with E-state index < -0.39 is 35.5 Å². The van der Waals surface area contributed by atoms with Crippen LogP contribution in [-0.4, -0.2) is 35.2 Å². The molecule has 4 rings (SSSR count). The van der Waals surface area contributed by atoms with Gasteiger partial charge in [-0.05, 0) is 48.0 Å². The van der Waals surface area contributed by atoms with Crippen LogP contribution >= 0.6 is 0 Å². The summed E-state index contributed by atoms with van der Waals surface area (Å²) in [6, 6.07) is 16.0. The van der Waals surface area contributed by atoms with Crippen LogP contribution in [0.15, 0.2) is 72.8 Å². The summed E-state index contributed by atoms with van der Waals surface area (Å²) < 4.78 is 38.8. The third kappa shape index (κ3) is 5.52. The fraction of sp³-hybridized carbons (Fsp3) is 0.120. The molecular weight excluding hydrogens is 477 g/mol. The van der Waals surface area contributed by atoms with Crippen LogP contribution in [0.4, 0.5) is 29.3 Å². The number of nitrogens with one attached hydrogen (secondary N) is 3. The van der Waals surface area contributed by atoms with Gasteiger partial charge in [-0.2, -0.15) is 13.2 Å². The number of alkyl halides is 3. The van der Waals surface area contributed by atoms with Gasteiger partial charge in [0.05, 0.1) is 18.7 Å². The Hall–Kier alpha value is -4.67. The third-order valence-electron chi connectivity index (χ3n) is 5.36. The third-order valence-corrected chi connectivity index (χ3v) is 5.36. The lowest BCUT2D eigenvalue weighted by Gasteiger charge is -2.16. The lowest BCUT2D eigenvalue weighted by atomic mass is 10.1. The average molecular weight is 496 g/mol. The van der Waals surface area contributed by atoms with Gasteiger partial charge in [-0.15, -0.1) is 0 Å². The second-order valence-electron chi connectivity index (χ2n) is 7.86. The molecule has 3 aromatic rings. The number of halogens is 3. The van der Waals surface area contributed by atoms with Crippen molar-refractivity contribution in [3.05, 3.63) is 95.1 Å². The maximum absolute atomic E-state index is 13.0. The lowest BCUT2D eigenvalue weighted by molar-refractivity contribution is -0.137. The molecule has 0 saturated carbocycles. The van der Waals surface area contributed by atoms with Crippen molar-refractivity contribution in [1.82, 2.24) is 10.2 Å². The molecule has 8 nitrogen and oxygen atoms in total. The maximum atomic E-state index is 13.0. The fourth-order valence-corrected chi connectivity index (χ4v) is 3.58. The van der Waals surface area contributed by atoms with E-state index in [-0.39, 0.29) is 35.6 Å². The van der Waals surface area contributed by atoms with E-state index in [1.165, 1.54) is 36.4 Å². The molecule has 184 valence electrons. The molecule has 0 atom stereocenters. The molecular formula is C25H19F3N4O4. The van der Waals surface area contributed by atoms with Crippen LogP contribution in [-0.2, 0) is 17.5 Å². The quantitative estimate of drug-likeness (QED) is 0.443. The number of anilines is 2. The van der Waals surface area contributed by atoms with E-state index in [2.05, 4.69) is 16.0 Å². The first-order valence-corrected chi connectivity index (χ1v) is 10.7. The Morgan fingerprint density at radius 1 is 0.861 bits per heavy atom. The summed E-state index contributed by atoms with van der Waals surface area (Å²) in [7, 11) is 0. The molecule has 3 aromatic carbocycles. The summed E-state index contributed by atoms with van der Waals surface area (Å²) in [6.45, 7) is -0.198. The van der Waals surface area contributed by atoms with Gasteiger partial charge in [-0.25, -0.2) is 4.79 Å². The molecule has 1 aliphatic heterocycles. The van der Waals surface area contributed by atoms with Crippen molar-refractivity contribution in [3.8, 4) is 0 Å². The number of carbonyl (C=O) groups excluding carboxylic acids is 4. The first kappa shape index (κ1) is 24.5. The predicted octanol–water partition coefficient (Wildman–Crippen LogP) is 4.26. The van der Waals surface area contributed by atoms with Gasteiger partial charge >= 0.3 is 12.2 Å². The minimum absolute atomic E-state index is 0.0290. The number of amides is 5. The van der Waals surface area contributed by atoms with Crippen molar-refractivity contribution in [1.29, 1.82) is 0 Å². The molecule has 11 heteroatoms. The van der Waals surface area contributed by atoms with Crippen molar-refractivity contribution in [3.63, 3.8) is 0 Å². The number of hydrogen-bond donors (Lipinski definition) is 3. The van der Waals surface area contributed by atoms with Crippen LogP contribution < -0.4 is 16.0 Å². The number of benzene rings is 3. The molecule has 1 fully saturated rings. The maximum Gasteiger partial charge on any atom is 0.416 e. The molecule has 3 N–H and O–H groups in total. The molecule has 1 heterocycles. The second-order valence-corrected chi connectivity index (χ2v) is 7.86. The minimum Gasteiger partial charge on any atom is -0.329 e. The smallest absolute Gasteiger partial charge is 0.329 e. The Balaban J connectivity index is 1.48. The Morgan fingerprint density at radius 2 is 1.53 bits per heavy atom. The summed E-state index contributed by atoms with van der Waals surface area (Å²) in [6.07, 6.45) is -4.55. The molecule has 36 heavy (non-hydrogen) atoms. The van der Waals surface area contributed by atoms with Crippen LogP contribution in [0.1, 0.15) is 31.8 Å². The molecule has 1 aliphatic rings. The van der Waals surface area contributed by atoms with E-state index in [0.29, 0.717) is 5.56 Å². The SMILES string of the molecule is O=C(Nc1cccc(C(F)(F)F)c1)c1cccc(NC(=O)c2ccccc2CN2C(=O)CNC2=O)c1. The highest BCUT2D eigenvalue weighted by molar-refractivity contribution is 6.08. The highest BCUT2D eigenvalue weighted by Crippen LogP contribution is 2.30. The normalized spacial score (nSPS) is 13.4. The average Bonchev–Trinajstić information content (AvgIpc) is 3.16. The summed E-state index contributed by atoms with van der Waals surface area (Å²) in [4.78, 5) is 50.3. The van der Waals surface area contributed by atoms with Crippen molar-refractivity contribution in [2.75, 3.05) is 17.2 Å². The van der Waals surface area contributed by atoms with Gasteiger partial charge in [0.25, 0.3) is 11.8 Å². The van der Waals surface area contributed by atoms with Gasteiger partial charge in [-0.3, -0.25) is 19.3 Å². The highest BCUT2D eigenvalue weighted by atomic mass is 19.4. The summed E-state index contributed by atoms with van der Waals surface area (Å²) in [5.41, 5.74) is 0.119. The monoisotopic (exact) mass is 496 g/mol. The zero-order chi connectivity index (χ0) is 25.9. The van der Waals surface area contributed by atoms with Crippen LogP contribution in [0.5, 0.6) is 0 Å². The Bertz CT molecular complexity index is 1340. The molecule has 5 amide bonds. The minimum atomic E-state index is -4.55. The van der Waals surface area contributed by atoms with E-state index in [4.69, 9.17) is 0 Å². The Morgan fingerprint density at radius 3 is 2.22 bits per heavy atom. The molecule has 0 bridgehead atoms. The fourth-order valence-electron chi connectivity index (χ4n) is 3.58. The van der Waals surface area contributed by atoms with Gasteiger partial charge in [-0.1, -0.05) is 30.3 Å². The molecule has 0 spiro atoms. The number of nitrogens with zero attached hydrogens (tertiary/aromatic N) is 1. The Kier molecular flexibility index (Phi) is 6.73. The number of imide groups is 1. The van der Waals surface area contributed by atoms with Crippen molar-refractivity contribution >= 4 is 35.1 Å². The van der Waals surface area contributed by atoms with Crippen molar-refractivity contribution < 1.29 is 32.3 Å².